The van der Waals surface area contributed by atoms with Gasteiger partial charge >= 0.3 is 6.03 Å². The van der Waals surface area contributed by atoms with E-state index in [0.717, 1.165) is 17.6 Å². The molecule has 0 aliphatic carbocycles. The number of benzene rings is 1. The Hall–Kier alpha value is -1.03. The number of carbonyl (C=O) groups excluding carboxylic acids is 1. The number of hydrogen-bond donors (Lipinski definition) is 0. The molecule has 4 heteroatoms. The first-order chi connectivity index (χ1) is 8.04. The Morgan fingerprint density at radius 1 is 1.47 bits per heavy atom. The Bertz CT molecular complexity index is 447. The molecule has 2 amide bonds. The van der Waals surface area contributed by atoms with Crippen LogP contribution in [0.4, 0.5) is 4.79 Å². The maximum atomic E-state index is 12.0. The van der Waals surface area contributed by atoms with Crippen molar-refractivity contribution in [1.29, 1.82) is 0 Å². The normalized spacial score (nSPS) is 20.2. The number of carbonyl (C=O) groups is 1. The van der Waals surface area contributed by atoms with Crippen LogP contribution in [0.15, 0.2) is 22.7 Å². The second-order valence-corrected chi connectivity index (χ2v) is 5.36. The van der Waals surface area contributed by atoms with Crippen LogP contribution in [0, 0.1) is 6.92 Å². The van der Waals surface area contributed by atoms with Gasteiger partial charge in [0.15, 0.2) is 0 Å². The van der Waals surface area contributed by atoms with Gasteiger partial charge in [0.1, 0.15) is 0 Å². The molecule has 1 fully saturated rings. The van der Waals surface area contributed by atoms with E-state index in [0.29, 0.717) is 0 Å². The predicted octanol–water partition coefficient (Wildman–Crippen LogP) is 3.19. The van der Waals surface area contributed by atoms with Gasteiger partial charge in [-0.1, -0.05) is 22.0 Å². The van der Waals surface area contributed by atoms with Crippen molar-refractivity contribution >= 4 is 22.0 Å². The Balaban J connectivity index is 2.35. The number of urea groups is 1. The average Bonchev–Trinajstić information content (AvgIpc) is 2.59. The van der Waals surface area contributed by atoms with Gasteiger partial charge in [-0.05, 0) is 37.1 Å². The molecule has 1 atom stereocenters. The third kappa shape index (κ3) is 2.18. The first-order valence-corrected chi connectivity index (χ1v) is 6.61. The van der Waals surface area contributed by atoms with E-state index in [4.69, 9.17) is 0 Å². The zero-order valence-corrected chi connectivity index (χ0v) is 12.0. The van der Waals surface area contributed by atoms with Crippen LogP contribution in [0.5, 0.6) is 0 Å². The minimum atomic E-state index is 0.122. The van der Waals surface area contributed by atoms with Crippen molar-refractivity contribution in [2.75, 3.05) is 20.1 Å². The molecule has 0 radical (unpaired) electrons. The first-order valence-electron chi connectivity index (χ1n) is 5.82. The molecule has 2 rings (SSSR count). The topological polar surface area (TPSA) is 23.6 Å². The van der Waals surface area contributed by atoms with Crippen LogP contribution >= 0.6 is 15.9 Å². The molecule has 1 aliphatic heterocycles. The Kier molecular flexibility index (Phi) is 3.43. The van der Waals surface area contributed by atoms with E-state index in [1.54, 1.807) is 0 Å². The summed E-state index contributed by atoms with van der Waals surface area (Å²) in [6.45, 7) is 5.66. The Morgan fingerprint density at radius 2 is 2.18 bits per heavy atom. The SMILES string of the molecule is CCN1CC(c2cc(Br)ccc2C)N(C)C1=O. The van der Waals surface area contributed by atoms with Crippen LogP contribution in [0.25, 0.3) is 0 Å². The molecule has 0 N–H and O–H groups in total. The molecule has 0 spiro atoms. The maximum Gasteiger partial charge on any atom is 0.320 e. The molecule has 92 valence electrons. The predicted molar refractivity (Wildman–Crippen MR) is 72.0 cm³/mol. The number of nitrogens with zero attached hydrogens (tertiary/aromatic N) is 2. The molecule has 0 saturated carbocycles. The monoisotopic (exact) mass is 296 g/mol. The molecule has 3 nitrogen and oxygen atoms in total. The minimum absolute atomic E-state index is 0.122. The van der Waals surface area contributed by atoms with E-state index >= 15 is 0 Å². The quantitative estimate of drug-likeness (QED) is 0.822. The van der Waals surface area contributed by atoms with Crippen molar-refractivity contribution in [3.05, 3.63) is 33.8 Å². The lowest BCUT2D eigenvalue weighted by Crippen LogP contribution is -2.29. The van der Waals surface area contributed by atoms with E-state index < -0.39 is 0 Å². The van der Waals surface area contributed by atoms with Gasteiger partial charge in [-0.3, -0.25) is 0 Å². The van der Waals surface area contributed by atoms with E-state index in [1.807, 2.05) is 29.8 Å². The molecule has 1 aliphatic rings. The van der Waals surface area contributed by atoms with Crippen molar-refractivity contribution in [2.45, 2.75) is 19.9 Å². The molecule has 0 aromatic heterocycles. The Labute approximate surface area is 111 Å². The molecular weight excluding hydrogens is 280 g/mol. The standard InChI is InChI=1S/C13H17BrN2O/c1-4-16-8-12(15(3)13(16)17)11-7-10(14)6-5-9(11)2/h5-7,12H,4,8H2,1-3H3. The lowest BCUT2D eigenvalue weighted by molar-refractivity contribution is 0.197. The summed E-state index contributed by atoms with van der Waals surface area (Å²) in [7, 11) is 1.88. The molecule has 1 aromatic carbocycles. The van der Waals surface area contributed by atoms with Gasteiger partial charge in [-0.15, -0.1) is 0 Å². The van der Waals surface area contributed by atoms with E-state index in [2.05, 4.69) is 35.0 Å². The van der Waals surface area contributed by atoms with Gasteiger partial charge in [0, 0.05) is 24.6 Å². The minimum Gasteiger partial charge on any atom is -0.323 e. The fourth-order valence-electron chi connectivity index (χ4n) is 2.31. The van der Waals surface area contributed by atoms with Crippen LogP contribution in [0.2, 0.25) is 0 Å². The third-order valence-corrected chi connectivity index (χ3v) is 3.91. The summed E-state index contributed by atoms with van der Waals surface area (Å²) >= 11 is 3.49. The number of rotatable bonds is 2. The van der Waals surface area contributed by atoms with Gasteiger partial charge in [0.25, 0.3) is 0 Å². The number of halogens is 1. The van der Waals surface area contributed by atoms with Gasteiger partial charge in [-0.2, -0.15) is 0 Å². The molecule has 1 unspecified atom stereocenters. The van der Waals surface area contributed by atoms with Gasteiger partial charge in [0.2, 0.25) is 0 Å². The van der Waals surface area contributed by atoms with Crippen molar-refractivity contribution in [3.63, 3.8) is 0 Å². The highest BCUT2D eigenvalue weighted by atomic mass is 79.9. The van der Waals surface area contributed by atoms with E-state index in [9.17, 15) is 4.79 Å². The molecule has 17 heavy (non-hydrogen) atoms. The van der Waals surface area contributed by atoms with Crippen molar-refractivity contribution in [3.8, 4) is 0 Å². The smallest absolute Gasteiger partial charge is 0.320 e. The summed E-state index contributed by atoms with van der Waals surface area (Å²) < 4.78 is 1.06. The van der Waals surface area contributed by atoms with Gasteiger partial charge in [0.05, 0.1) is 6.04 Å². The fraction of sp³-hybridized carbons (Fsp3) is 0.462. The second-order valence-electron chi connectivity index (χ2n) is 4.45. The maximum absolute atomic E-state index is 12.0. The molecule has 0 bridgehead atoms. The summed E-state index contributed by atoms with van der Waals surface area (Å²) in [4.78, 5) is 15.7. The van der Waals surface area contributed by atoms with Crippen LogP contribution < -0.4 is 0 Å². The van der Waals surface area contributed by atoms with Crippen LogP contribution in [0.3, 0.4) is 0 Å². The lowest BCUT2D eigenvalue weighted by atomic mass is 10.0. The fourth-order valence-corrected chi connectivity index (χ4v) is 2.69. The summed E-state index contributed by atoms with van der Waals surface area (Å²) in [5.41, 5.74) is 2.46. The molecular formula is C13H17BrN2O. The Morgan fingerprint density at radius 3 is 2.76 bits per heavy atom. The van der Waals surface area contributed by atoms with Crippen molar-refractivity contribution in [1.82, 2.24) is 9.80 Å². The highest BCUT2D eigenvalue weighted by Gasteiger charge is 2.35. The van der Waals surface area contributed by atoms with Crippen LogP contribution in [-0.4, -0.2) is 36.0 Å². The van der Waals surface area contributed by atoms with E-state index in [-0.39, 0.29) is 12.1 Å². The first kappa shape index (κ1) is 12.4. The second kappa shape index (κ2) is 4.69. The summed E-state index contributed by atoms with van der Waals surface area (Å²) in [5, 5.41) is 0. The lowest BCUT2D eigenvalue weighted by Gasteiger charge is -2.20. The summed E-state index contributed by atoms with van der Waals surface area (Å²) in [6, 6.07) is 6.53. The zero-order valence-electron chi connectivity index (χ0n) is 10.4. The average molecular weight is 297 g/mol. The summed E-state index contributed by atoms with van der Waals surface area (Å²) in [5.74, 6) is 0. The van der Waals surface area contributed by atoms with Crippen molar-refractivity contribution < 1.29 is 4.79 Å². The summed E-state index contributed by atoms with van der Waals surface area (Å²) in [6.07, 6.45) is 0. The van der Waals surface area contributed by atoms with Crippen molar-refractivity contribution in [2.24, 2.45) is 0 Å². The molecule has 1 saturated heterocycles. The highest BCUT2D eigenvalue weighted by Crippen LogP contribution is 2.31. The van der Waals surface area contributed by atoms with E-state index in [1.165, 1.54) is 11.1 Å². The van der Waals surface area contributed by atoms with Gasteiger partial charge < -0.3 is 9.80 Å². The van der Waals surface area contributed by atoms with Gasteiger partial charge in [-0.25, -0.2) is 4.79 Å². The highest BCUT2D eigenvalue weighted by molar-refractivity contribution is 9.10. The largest absolute Gasteiger partial charge is 0.323 e. The number of aryl methyl sites for hydroxylation is 1. The zero-order chi connectivity index (χ0) is 12.6. The molecule has 1 aromatic rings. The number of amides is 2. The number of hydrogen-bond acceptors (Lipinski definition) is 1. The number of likely N-dealkylation sites (N-methyl/N-ethyl adjacent to an activating group) is 2. The van der Waals surface area contributed by atoms with Crippen LogP contribution in [-0.2, 0) is 0 Å². The van der Waals surface area contributed by atoms with Crippen LogP contribution in [0.1, 0.15) is 24.1 Å². The molecule has 1 heterocycles. The third-order valence-electron chi connectivity index (χ3n) is 3.42.